The lowest BCUT2D eigenvalue weighted by atomic mass is 10.0. The number of para-hydroxylation sites is 1. The molecule has 3 aromatic rings. The number of benzene rings is 2. The Labute approximate surface area is 187 Å². The normalized spacial score (nSPS) is 16.9. The largest absolute Gasteiger partial charge is 0.457 e. The molecule has 0 bridgehead atoms. The first-order valence-corrected chi connectivity index (χ1v) is 10.8. The first-order chi connectivity index (χ1) is 15.7. The molecule has 1 saturated heterocycles. The van der Waals surface area contributed by atoms with E-state index in [4.69, 9.17) is 15.6 Å². The van der Waals surface area contributed by atoms with Gasteiger partial charge in [0.15, 0.2) is 12.1 Å². The first-order valence-electron chi connectivity index (χ1n) is 10.8. The predicted octanol–water partition coefficient (Wildman–Crippen LogP) is 3.31. The lowest BCUT2D eigenvalue weighted by Crippen LogP contribution is -2.26. The number of aldehydes is 1. The second-order valence-corrected chi connectivity index (χ2v) is 7.69. The van der Waals surface area contributed by atoms with Gasteiger partial charge in [0, 0.05) is 19.2 Å². The summed E-state index contributed by atoms with van der Waals surface area (Å²) in [5.41, 5.74) is 11.4. The molecule has 8 nitrogen and oxygen atoms in total. The van der Waals surface area contributed by atoms with Crippen LogP contribution in [0.5, 0.6) is 11.5 Å². The van der Waals surface area contributed by atoms with Crippen molar-refractivity contribution in [3.05, 3.63) is 65.9 Å². The van der Waals surface area contributed by atoms with Crippen LogP contribution in [0.3, 0.4) is 0 Å². The molecule has 8 heteroatoms. The van der Waals surface area contributed by atoms with Gasteiger partial charge in [-0.05, 0) is 55.8 Å². The van der Waals surface area contributed by atoms with Gasteiger partial charge in [-0.1, -0.05) is 24.6 Å². The van der Waals surface area contributed by atoms with Gasteiger partial charge in [0.05, 0.1) is 11.6 Å². The molecular weight excluding hydrogens is 404 g/mol. The van der Waals surface area contributed by atoms with Crippen molar-refractivity contribution in [3.63, 3.8) is 0 Å². The van der Waals surface area contributed by atoms with Crippen molar-refractivity contribution in [2.45, 2.75) is 25.3 Å². The SMILES string of the molecule is CN/N=C(/N)c1c(-c2ccc(Oc3ccccc3)cc2)nn(C2CCCCNC2)c1C=O. The average Bonchev–Trinajstić information content (AvgIpc) is 2.99. The minimum absolute atomic E-state index is 0.0771. The summed E-state index contributed by atoms with van der Waals surface area (Å²) in [5, 5.41) is 12.4. The highest BCUT2D eigenvalue weighted by molar-refractivity contribution is 6.07. The predicted molar refractivity (Wildman–Crippen MR) is 125 cm³/mol. The Morgan fingerprint density at radius 1 is 1.19 bits per heavy atom. The van der Waals surface area contributed by atoms with Gasteiger partial charge in [-0.15, -0.1) is 0 Å². The van der Waals surface area contributed by atoms with Crippen LogP contribution in [0.2, 0.25) is 0 Å². The van der Waals surface area contributed by atoms with Crippen LogP contribution in [0.1, 0.15) is 41.4 Å². The van der Waals surface area contributed by atoms with Crippen LogP contribution in [0.15, 0.2) is 59.7 Å². The third kappa shape index (κ3) is 4.65. The minimum Gasteiger partial charge on any atom is -0.457 e. The van der Waals surface area contributed by atoms with Crippen molar-refractivity contribution in [2.75, 3.05) is 20.1 Å². The molecule has 0 radical (unpaired) electrons. The maximum Gasteiger partial charge on any atom is 0.168 e. The molecule has 166 valence electrons. The lowest BCUT2D eigenvalue weighted by molar-refractivity contribution is 0.111. The van der Waals surface area contributed by atoms with Crippen LogP contribution in [0.4, 0.5) is 0 Å². The highest BCUT2D eigenvalue weighted by Gasteiger charge is 2.26. The Balaban J connectivity index is 1.73. The van der Waals surface area contributed by atoms with Crippen molar-refractivity contribution in [2.24, 2.45) is 10.8 Å². The molecule has 1 atom stereocenters. The van der Waals surface area contributed by atoms with E-state index in [2.05, 4.69) is 15.8 Å². The summed E-state index contributed by atoms with van der Waals surface area (Å²) in [5.74, 6) is 1.70. The summed E-state index contributed by atoms with van der Waals surface area (Å²) in [7, 11) is 1.67. The maximum atomic E-state index is 12.2. The second-order valence-electron chi connectivity index (χ2n) is 7.69. The third-order valence-corrected chi connectivity index (χ3v) is 5.52. The number of carbonyl (C=O) groups is 1. The van der Waals surface area contributed by atoms with Crippen LogP contribution in [0, 0.1) is 0 Å². The topological polar surface area (TPSA) is 107 Å². The van der Waals surface area contributed by atoms with Crippen molar-refractivity contribution in [1.29, 1.82) is 0 Å². The molecule has 0 spiro atoms. The van der Waals surface area contributed by atoms with Crippen LogP contribution in [-0.4, -0.2) is 42.0 Å². The zero-order chi connectivity index (χ0) is 22.3. The first kappa shape index (κ1) is 21.6. The van der Waals surface area contributed by atoms with Gasteiger partial charge in [0.1, 0.15) is 22.9 Å². The molecule has 1 unspecified atom stereocenters. The Bertz CT molecular complexity index is 1070. The summed E-state index contributed by atoms with van der Waals surface area (Å²) in [4.78, 5) is 12.2. The zero-order valence-corrected chi connectivity index (χ0v) is 18.1. The molecule has 4 N–H and O–H groups in total. The van der Waals surface area contributed by atoms with Gasteiger partial charge in [0.25, 0.3) is 0 Å². The summed E-state index contributed by atoms with van der Waals surface area (Å²) in [6, 6.07) is 17.3. The highest BCUT2D eigenvalue weighted by Crippen LogP contribution is 2.31. The van der Waals surface area contributed by atoms with Crippen molar-refractivity contribution >= 4 is 12.1 Å². The van der Waals surface area contributed by atoms with Crippen molar-refractivity contribution < 1.29 is 9.53 Å². The molecule has 1 aromatic heterocycles. The Morgan fingerprint density at radius 3 is 2.66 bits per heavy atom. The van der Waals surface area contributed by atoms with Crippen LogP contribution < -0.4 is 21.2 Å². The van der Waals surface area contributed by atoms with Gasteiger partial charge >= 0.3 is 0 Å². The van der Waals surface area contributed by atoms with E-state index in [1.807, 2.05) is 59.3 Å². The lowest BCUT2D eigenvalue weighted by Gasteiger charge is -2.16. The number of rotatable bonds is 7. The fourth-order valence-corrected chi connectivity index (χ4v) is 3.98. The molecule has 0 aliphatic carbocycles. The molecule has 1 aliphatic heterocycles. The summed E-state index contributed by atoms with van der Waals surface area (Å²) < 4.78 is 7.70. The van der Waals surface area contributed by atoms with E-state index in [0.717, 1.165) is 50.0 Å². The van der Waals surface area contributed by atoms with Crippen LogP contribution in [-0.2, 0) is 0 Å². The monoisotopic (exact) mass is 432 g/mol. The van der Waals surface area contributed by atoms with E-state index in [-0.39, 0.29) is 11.9 Å². The second kappa shape index (κ2) is 10.1. The molecule has 1 aliphatic rings. The number of nitrogens with zero attached hydrogens (tertiary/aromatic N) is 3. The maximum absolute atomic E-state index is 12.2. The molecule has 0 saturated carbocycles. The van der Waals surface area contributed by atoms with Gasteiger partial charge in [0.2, 0.25) is 0 Å². The van der Waals surface area contributed by atoms with E-state index in [1.54, 1.807) is 7.05 Å². The van der Waals surface area contributed by atoms with E-state index < -0.39 is 0 Å². The fraction of sp³-hybridized carbons (Fsp3) is 0.292. The number of hydrogen-bond donors (Lipinski definition) is 3. The number of nitrogens with two attached hydrogens (primary N) is 1. The standard InChI is InChI=1S/C24H28N6O2/c1-26-28-24(25)22-21(16-31)30(18-7-5-6-14-27-15-18)29-23(22)17-10-12-20(13-11-17)32-19-8-3-2-4-9-19/h2-4,8-13,16,18,26-27H,5-7,14-15H2,1H3,(H2,25,28). The van der Waals surface area contributed by atoms with E-state index in [0.29, 0.717) is 22.7 Å². The molecular formula is C24H28N6O2. The fourth-order valence-electron chi connectivity index (χ4n) is 3.98. The highest BCUT2D eigenvalue weighted by atomic mass is 16.5. The number of aromatic nitrogens is 2. The quantitative estimate of drug-likeness (QED) is 0.229. The number of ether oxygens (including phenoxy) is 1. The van der Waals surface area contributed by atoms with Crippen molar-refractivity contribution in [3.8, 4) is 22.8 Å². The van der Waals surface area contributed by atoms with E-state index >= 15 is 0 Å². The minimum atomic E-state index is 0.0771. The summed E-state index contributed by atoms with van der Waals surface area (Å²) >= 11 is 0. The molecule has 4 rings (SSSR count). The molecule has 32 heavy (non-hydrogen) atoms. The third-order valence-electron chi connectivity index (χ3n) is 5.52. The van der Waals surface area contributed by atoms with Gasteiger partial charge in [-0.3, -0.25) is 9.48 Å². The van der Waals surface area contributed by atoms with Gasteiger partial charge in [-0.2, -0.15) is 10.2 Å². The molecule has 0 amide bonds. The number of hydrogen-bond acceptors (Lipinski definition) is 6. The van der Waals surface area contributed by atoms with E-state index in [9.17, 15) is 4.79 Å². The Morgan fingerprint density at radius 2 is 1.94 bits per heavy atom. The molecule has 2 heterocycles. The molecule has 1 fully saturated rings. The zero-order valence-electron chi connectivity index (χ0n) is 18.1. The number of carbonyl (C=O) groups excluding carboxylic acids is 1. The average molecular weight is 433 g/mol. The smallest absolute Gasteiger partial charge is 0.168 e. The van der Waals surface area contributed by atoms with Gasteiger partial charge < -0.3 is 21.2 Å². The summed E-state index contributed by atoms with van der Waals surface area (Å²) in [6.45, 7) is 1.73. The number of nitrogens with one attached hydrogen (secondary N) is 2. The Kier molecular flexibility index (Phi) is 6.81. The number of amidine groups is 1. The van der Waals surface area contributed by atoms with Gasteiger partial charge in [-0.25, -0.2) is 0 Å². The van der Waals surface area contributed by atoms with Crippen LogP contribution in [0.25, 0.3) is 11.3 Å². The van der Waals surface area contributed by atoms with Crippen LogP contribution >= 0.6 is 0 Å². The number of hydrazone groups is 1. The summed E-state index contributed by atoms with van der Waals surface area (Å²) in [6.07, 6.45) is 3.95. The van der Waals surface area contributed by atoms with E-state index in [1.165, 1.54) is 0 Å². The molecule has 2 aromatic carbocycles. The van der Waals surface area contributed by atoms with Crippen molar-refractivity contribution in [1.82, 2.24) is 20.5 Å². The Hall–Kier alpha value is -3.65.